The normalized spacial score (nSPS) is 20.5. The number of aliphatic carboxylic acids is 1. The lowest BCUT2D eigenvalue weighted by Crippen LogP contribution is -2.44. The lowest BCUT2D eigenvalue weighted by atomic mass is 9.94. The molecule has 0 saturated carbocycles. The predicted octanol–water partition coefficient (Wildman–Crippen LogP) is 5.90. The Balaban J connectivity index is 2.20. The number of carbonyl (C=O) groups is 1. The van der Waals surface area contributed by atoms with Gasteiger partial charge in [0.1, 0.15) is 23.3 Å². The van der Waals surface area contributed by atoms with Crippen LogP contribution in [-0.4, -0.2) is 45.7 Å². The molecule has 0 spiro atoms. The maximum Gasteiger partial charge on any atom is 0.339 e. The molecule has 2 aliphatic heterocycles. The maximum absolute atomic E-state index is 15.1. The molecule has 1 aromatic carbocycles. The molecule has 0 amide bonds. The highest BCUT2D eigenvalue weighted by Crippen LogP contribution is 2.35. The average molecular weight is 515 g/mol. The number of fused-ring (bicyclic) bond motifs is 1. The van der Waals surface area contributed by atoms with Crippen molar-refractivity contribution in [2.45, 2.75) is 52.1 Å². The smallest absolute Gasteiger partial charge is 0.339 e. The van der Waals surface area contributed by atoms with Crippen LogP contribution in [0.25, 0.3) is 5.70 Å². The minimum absolute atomic E-state index is 0.0703. The number of nitrogens with zero attached hydrogens (tertiary/aromatic N) is 3. The molecular weight excluding hydrogens is 486 g/mol. The molecule has 2 aliphatic rings. The van der Waals surface area contributed by atoms with E-state index < -0.39 is 29.3 Å². The highest BCUT2D eigenvalue weighted by molar-refractivity contribution is 6.32. The third-order valence-electron chi connectivity index (χ3n) is 5.76. The first-order valence-corrected chi connectivity index (χ1v) is 11.8. The molecule has 0 fully saturated rings. The topological polar surface area (TPSA) is 91.3 Å². The van der Waals surface area contributed by atoms with E-state index in [-0.39, 0.29) is 16.6 Å². The molecule has 0 aliphatic carbocycles. The maximum atomic E-state index is 15.1. The van der Waals surface area contributed by atoms with E-state index >= 15 is 8.78 Å². The standard InChI is InChI=1S/C27H29ClF2N4O2/c1-5-19(28)14-21(26(35)36)24(31)33-23(27(4,29)30)20-13-16(2)15-34-17(3)11-12-22(32-25(20)34)18-9-7-6-8-10-18/h5-10,12-15,17,23H,11H2,1-4H3,(H2,31,33)(H,35,36)/b19-5+,21-14+. The summed E-state index contributed by atoms with van der Waals surface area (Å²) in [4.78, 5) is 22.5. The number of carboxylic acid groups (broad SMARTS) is 1. The summed E-state index contributed by atoms with van der Waals surface area (Å²) in [6.45, 7) is 6.11. The van der Waals surface area contributed by atoms with E-state index in [4.69, 9.17) is 22.3 Å². The molecule has 0 bridgehead atoms. The number of nitrogens with two attached hydrogens (primary N) is 1. The Morgan fingerprint density at radius 3 is 2.61 bits per heavy atom. The van der Waals surface area contributed by atoms with Gasteiger partial charge in [-0.15, -0.1) is 0 Å². The van der Waals surface area contributed by atoms with Crippen molar-refractivity contribution in [1.29, 1.82) is 0 Å². The molecular formula is C27H29ClF2N4O2. The molecule has 190 valence electrons. The van der Waals surface area contributed by atoms with E-state index in [1.165, 1.54) is 6.08 Å². The zero-order valence-electron chi connectivity index (χ0n) is 20.5. The van der Waals surface area contributed by atoms with Crippen LogP contribution in [0.2, 0.25) is 0 Å². The van der Waals surface area contributed by atoms with Gasteiger partial charge in [0.05, 0.1) is 5.70 Å². The number of aliphatic imine (C=N–C) groups is 2. The number of amidine groups is 2. The van der Waals surface area contributed by atoms with Crippen molar-refractivity contribution < 1.29 is 18.7 Å². The van der Waals surface area contributed by atoms with Gasteiger partial charge in [0, 0.05) is 29.8 Å². The summed E-state index contributed by atoms with van der Waals surface area (Å²) in [5.41, 5.74) is 7.88. The summed E-state index contributed by atoms with van der Waals surface area (Å²) in [5, 5.41) is 9.70. The highest BCUT2D eigenvalue weighted by Gasteiger charge is 2.42. The lowest BCUT2D eigenvalue weighted by Gasteiger charge is -2.35. The number of carboxylic acids is 1. The predicted molar refractivity (Wildman–Crippen MR) is 141 cm³/mol. The van der Waals surface area contributed by atoms with Gasteiger partial charge < -0.3 is 15.7 Å². The Kier molecular flexibility index (Phi) is 8.30. The Bertz CT molecular complexity index is 1240. The third kappa shape index (κ3) is 6.18. The molecule has 9 heteroatoms. The first kappa shape index (κ1) is 27.1. The molecule has 3 N–H and O–H groups in total. The summed E-state index contributed by atoms with van der Waals surface area (Å²) in [6.07, 6.45) is 8.62. The summed E-state index contributed by atoms with van der Waals surface area (Å²) in [7, 11) is 0. The molecule has 1 aromatic rings. The largest absolute Gasteiger partial charge is 0.478 e. The van der Waals surface area contributed by atoms with Crippen LogP contribution in [0.3, 0.4) is 0 Å². The number of hydrogen-bond acceptors (Lipinski definition) is 4. The van der Waals surface area contributed by atoms with Crippen LogP contribution in [0, 0.1) is 0 Å². The number of hydrogen-bond donors (Lipinski definition) is 2. The zero-order chi connectivity index (χ0) is 26.6. The van der Waals surface area contributed by atoms with Crippen LogP contribution >= 0.6 is 11.6 Å². The lowest BCUT2D eigenvalue weighted by molar-refractivity contribution is -0.132. The molecule has 2 heterocycles. The number of halogens is 3. The van der Waals surface area contributed by atoms with E-state index in [1.54, 1.807) is 19.9 Å². The Labute approximate surface area is 214 Å². The second-order valence-electron chi connectivity index (χ2n) is 8.77. The van der Waals surface area contributed by atoms with Crippen molar-refractivity contribution in [2.75, 3.05) is 0 Å². The molecule has 2 unspecified atom stereocenters. The van der Waals surface area contributed by atoms with Gasteiger partial charge in [-0.25, -0.2) is 18.6 Å². The average Bonchev–Trinajstić information content (AvgIpc) is 2.99. The van der Waals surface area contributed by atoms with Crippen molar-refractivity contribution in [3.63, 3.8) is 0 Å². The first-order valence-electron chi connectivity index (χ1n) is 11.4. The first-order chi connectivity index (χ1) is 16.9. The SMILES string of the molecule is C/C=C(Cl)\C=C(\C(=O)O)C(N)=NC(C1=CC(C)=CN2C1=NC(c1ccccc1)=CCC2C)C(C)(F)F. The van der Waals surface area contributed by atoms with Gasteiger partial charge in [0.2, 0.25) is 0 Å². The monoisotopic (exact) mass is 514 g/mol. The summed E-state index contributed by atoms with van der Waals surface area (Å²) in [6, 6.07) is 7.60. The quantitative estimate of drug-likeness (QED) is 0.205. The van der Waals surface area contributed by atoms with E-state index in [1.807, 2.05) is 54.4 Å². The summed E-state index contributed by atoms with van der Waals surface area (Å²) >= 11 is 5.95. The fourth-order valence-electron chi connectivity index (χ4n) is 3.91. The second-order valence-corrected chi connectivity index (χ2v) is 9.20. The van der Waals surface area contributed by atoms with Gasteiger partial charge >= 0.3 is 5.97 Å². The van der Waals surface area contributed by atoms with Gasteiger partial charge in [0.25, 0.3) is 5.92 Å². The Hall–Kier alpha value is -3.52. The van der Waals surface area contributed by atoms with Crippen molar-refractivity contribution in [2.24, 2.45) is 15.7 Å². The van der Waals surface area contributed by atoms with E-state index in [9.17, 15) is 9.90 Å². The highest BCUT2D eigenvalue weighted by atomic mass is 35.5. The number of allylic oxidation sites excluding steroid dienone is 5. The summed E-state index contributed by atoms with van der Waals surface area (Å²) in [5.74, 6) is -5.06. The van der Waals surface area contributed by atoms with Gasteiger partial charge in [-0.05, 0) is 50.5 Å². The Morgan fingerprint density at radius 1 is 1.36 bits per heavy atom. The fraction of sp³-hybridized carbons (Fsp3) is 0.296. The van der Waals surface area contributed by atoms with E-state index in [0.29, 0.717) is 18.0 Å². The van der Waals surface area contributed by atoms with Gasteiger partial charge in [-0.1, -0.05) is 54.1 Å². The van der Waals surface area contributed by atoms with Gasteiger partial charge in [-0.2, -0.15) is 0 Å². The van der Waals surface area contributed by atoms with Crippen LogP contribution in [-0.2, 0) is 4.79 Å². The molecule has 2 atom stereocenters. The van der Waals surface area contributed by atoms with Crippen molar-refractivity contribution in [1.82, 2.24) is 4.90 Å². The van der Waals surface area contributed by atoms with Crippen molar-refractivity contribution in [3.8, 4) is 0 Å². The second kappa shape index (κ2) is 11.0. The van der Waals surface area contributed by atoms with Crippen LogP contribution in [0.1, 0.15) is 39.7 Å². The molecule has 6 nitrogen and oxygen atoms in total. The van der Waals surface area contributed by atoms with Crippen LogP contribution < -0.4 is 5.73 Å². The van der Waals surface area contributed by atoms with Crippen molar-refractivity contribution >= 4 is 34.9 Å². The van der Waals surface area contributed by atoms with Crippen LogP contribution in [0.4, 0.5) is 8.78 Å². The Morgan fingerprint density at radius 2 is 2.03 bits per heavy atom. The van der Waals surface area contributed by atoms with Crippen LogP contribution in [0.5, 0.6) is 0 Å². The summed E-state index contributed by atoms with van der Waals surface area (Å²) < 4.78 is 30.2. The molecule has 0 aromatic heterocycles. The number of benzene rings is 1. The van der Waals surface area contributed by atoms with E-state index in [0.717, 1.165) is 24.1 Å². The van der Waals surface area contributed by atoms with Gasteiger partial charge in [-0.3, -0.25) is 4.99 Å². The van der Waals surface area contributed by atoms with Crippen molar-refractivity contribution in [3.05, 3.63) is 88.2 Å². The zero-order valence-corrected chi connectivity index (χ0v) is 21.3. The molecule has 0 saturated heterocycles. The van der Waals surface area contributed by atoms with E-state index in [2.05, 4.69) is 4.99 Å². The van der Waals surface area contributed by atoms with Gasteiger partial charge in [0.15, 0.2) is 0 Å². The molecule has 3 rings (SSSR count). The number of alkyl halides is 2. The third-order valence-corrected chi connectivity index (χ3v) is 6.09. The molecule has 36 heavy (non-hydrogen) atoms. The molecule has 0 radical (unpaired) electrons. The number of rotatable bonds is 7. The minimum Gasteiger partial charge on any atom is -0.478 e. The fourth-order valence-corrected chi connectivity index (χ4v) is 4.02. The minimum atomic E-state index is -3.39. The van der Waals surface area contributed by atoms with Crippen LogP contribution in [0.15, 0.2) is 92.6 Å².